The summed E-state index contributed by atoms with van der Waals surface area (Å²) >= 11 is 1.60. The van der Waals surface area contributed by atoms with Gasteiger partial charge in [-0.2, -0.15) is 0 Å². The Kier molecular flexibility index (Phi) is 5.12. The van der Waals surface area contributed by atoms with Crippen molar-refractivity contribution in [2.75, 3.05) is 13.7 Å². The lowest BCUT2D eigenvalue weighted by atomic mass is 10.2. The summed E-state index contributed by atoms with van der Waals surface area (Å²) in [5.41, 5.74) is 2.34. The zero-order valence-corrected chi connectivity index (χ0v) is 13.9. The maximum absolute atomic E-state index is 12.1. The summed E-state index contributed by atoms with van der Waals surface area (Å²) in [4.78, 5) is 24.5. The van der Waals surface area contributed by atoms with Gasteiger partial charge in [-0.1, -0.05) is 30.3 Å². The third-order valence-electron chi connectivity index (χ3n) is 3.32. The number of ether oxygens (including phenoxy) is 1. The minimum Gasteiger partial charge on any atom is -0.481 e. The van der Waals surface area contributed by atoms with Crippen LogP contribution in [0.4, 0.5) is 0 Å². The van der Waals surface area contributed by atoms with Crippen molar-refractivity contribution in [3.63, 3.8) is 0 Å². The first-order chi connectivity index (χ1) is 11.8. The molecule has 0 unspecified atom stereocenters. The maximum atomic E-state index is 12.1. The van der Waals surface area contributed by atoms with Gasteiger partial charge in [0.25, 0.3) is 5.91 Å². The fourth-order valence-electron chi connectivity index (χ4n) is 2.11. The molecule has 0 radical (unpaired) electrons. The van der Waals surface area contributed by atoms with Crippen LogP contribution >= 0.6 is 11.3 Å². The minimum atomic E-state index is -0.255. The average molecular weight is 340 g/mol. The molecule has 1 N–H and O–H groups in total. The molecule has 6 nitrogen and oxygen atoms in total. The smallest absolute Gasteiger partial charge is 0.270 e. The zero-order valence-electron chi connectivity index (χ0n) is 13.1. The van der Waals surface area contributed by atoms with E-state index in [0.29, 0.717) is 18.8 Å². The average Bonchev–Trinajstić information content (AvgIpc) is 3.11. The maximum Gasteiger partial charge on any atom is 0.270 e. The van der Waals surface area contributed by atoms with Crippen LogP contribution in [0.1, 0.15) is 16.2 Å². The van der Waals surface area contributed by atoms with Crippen molar-refractivity contribution in [1.29, 1.82) is 0 Å². The van der Waals surface area contributed by atoms with Crippen molar-refractivity contribution in [3.8, 4) is 16.5 Å². The highest BCUT2D eigenvalue weighted by molar-refractivity contribution is 7.13. The second-order valence-corrected chi connectivity index (χ2v) is 5.82. The van der Waals surface area contributed by atoms with E-state index in [9.17, 15) is 4.79 Å². The summed E-state index contributed by atoms with van der Waals surface area (Å²) in [6.07, 6.45) is 1.97. The molecule has 0 aliphatic heterocycles. The van der Waals surface area contributed by atoms with Crippen molar-refractivity contribution in [3.05, 3.63) is 59.5 Å². The van der Waals surface area contributed by atoms with Gasteiger partial charge in [0.2, 0.25) is 5.88 Å². The molecule has 7 heteroatoms. The number of hydrogen-bond acceptors (Lipinski definition) is 6. The van der Waals surface area contributed by atoms with E-state index in [4.69, 9.17) is 4.74 Å². The van der Waals surface area contributed by atoms with Crippen LogP contribution in [-0.2, 0) is 6.42 Å². The zero-order chi connectivity index (χ0) is 16.8. The van der Waals surface area contributed by atoms with Gasteiger partial charge in [-0.3, -0.25) is 4.79 Å². The highest BCUT2D eigenvalue weighted by Gasteiger charge is 2.09. The predicted octanol–water partition coefficient (Wildman–Crippen LogP) is 2.58. The quantitative estimate of drug-likeness (QED) is 0.746. The molecule has 122 valence electrons. The van der Waals surface area contributed by atoms with Crippen molar-refractivity contribution >= 4 is 17.2 Å². The van der Waals surface area contributed by atoms with E-state index < -0.39 is 0 Å². The molecule has 3 aromatic rings. The van der Waals surface area contributed by atoms with Gasteiger partial charge in [0.15, 0.2) is 0 Å². The topological polar surface area (TPSA) is 77.0 Å². The van der Waals surface area contributed by atoms with Crippen LogP contribution in [0.2, 0.25) is 0 Å². The van der Waals surface area contributed by atoms with Crippen LogP contribution in [0, 0.1) is 0 Å². The summed E-state index contributed by atoms with van der Waals surface area (Å²) in [7, 11) is 1.50. The van der Waals surface area contributed by atoms with Crippen molar-refractivity contribution < 1.29 is 9.53 Å². The lowest BCUT2D eigenvalue weighted by Gasteiger charge is -2.04. The molecule has 0 saturated heterocycles. The van der Waals surface area contributed by atoms with Crippen LogP contribution < -0.4 is 10.1 Å². The molecule has 0 atom stereocenters. The molecule has 24 heavy (non-hydrogen) atoms. The molecule has 0 saturated carbocycles. The molecule has 0 aliphatic carbocycles. The van der Waals surface area contributed by atoms with E-state index in [1.165, 1.54) is 19.5 Å². The van der Waals surface area contributed by atoms with Gasteiger partial charge >= 0.3 is 0 Å². The molecule has 0 bridgehead atoms. The minimum absolute atomic E-state index is 0.255. The second kappa shape index (κ2) is 7.65. The third-order valence-corrected chi connectivity index (χ3v) is 4.26. The van der Waals surface area contributed by atoms with E-state index in [1.54, 1.807) is 11.3 Å². The van der Waals surface area contributed by atoms with Crippen LogP contribution in [-0.4, -0.2) is 34.5 Å². The highest BCUT2D eigenvalue weighted by Crippen LogP contribution is 2.23. The fourth-order valence-corrected chi connectivity index (χ4v) is 2.97. The molecule has 0 spiro atoms. The second-order valence-electron chi connectivity index (χ2n) is 4.96. The number of aromatic nitrogens is 3. The molecule has 3 rings (SSSR count). The summed E-state index contributed by atoms with van der Waals surface area (Å²) < 4.78 is 4.98. The van der Waals surface area contributed by atoms with Crippen LogP contribution in [0.25, 0.3) is 10.6 Å². The standard InChI is InChI=1S/C17H16N4O2S/c1-23-15-9-14(19-11-20-15)16(22)18-8-7-13-10-24-17(21-13)12-5-3-2-4-6-12/h2-6,9-11H,7-8H2,1H3,(H,18,22). The Balaban J connectivity index is 1.55. The molecule has 2 heterocycles. The number of benzene rings is 1. The molecule has 1 aromatic carbocycles. The van der Waals surface area contributed by atoms with Gasteiger partial charge in [-0.15, -0.1) is 11.3 Å². The molecular weight excluding hydrogens is 324 g/mol. The summed E-state index contributed by atoms with van der Waals surface area (Å²) in [6.45, 7) is 0.489. The van der Waals surface area contributed by atoms with Gasteiger partial charge in [-0.25, -0.2) is 15.0 Å². The number of hydrogen-bond donors (Lipinski definition) is 1. The summed E-state index contributed by atoms with van der Waals surface area (Å²) in [6, 6.07) is 11.5. The van der Waals surface area contributed by atoms with E-state index in [1.807, 2.05) is 35.7 Å². The third kappa shape index (κ3) is 3.94. The van der Waals surface area contributed by atoms with Crippen LogP contribution in [0.3, 0.4) is 0 Å². The number of rotatable bonds is 6. The van der Waals surface area contributed by atoms with Crippen molar-refractivity contribution in [2.24, 2.45) is 0 Å². The molecule has 2 aromatic heterocycles. The van der Waals surface area contributed by atoms with Crippen molar-refractivity contribution in [1.82, 2.24) is 20.3 Å². The van der Waals surface area contributed by atoms with Crippen LogP contribution in [0.15, 0.2) is 48.1 Å². The van der Waals surface area contributed by atoms with Gasteiger partial charge in [-0.05, 0) is 0 Å². The fraction of sp³-hybridized carbons (Fsp3) is 0.176. The highest BCUT2D eigenvalue weighted by atomic mass is 32.1. The summed E-state index contributed by atoms with van der Waals surface area (Å²) in [5, 5.41) is 5.83. The van der Waals surface area contributed by atoms with Gasteiger partial charge < -0.3 is 10.1 Å². The first-order valence-corrected chi connectivity index (χ1v) is 8.28. The number of thiazole rings is 1. The normalized spacial score (nSPS) is 10.4. The Morgan fingerprint density at radius 3 is 2.88 bits per heavy atom. The monoisotopic (exact) mass is 340 g/mol. The number of nitrogens with one attached hydrogen (secondary N) is 1. The predicted molar refractivity (Wildman–Crippen MR) is 92.2 cm³/mol. The molecule has 0 aliphatic rings. The Morgan fingerprint density at radius 2 is 2.08 bits per heavy atom. The Bertz CT molecular complexity index is 820. The molecular formula is C17H16N4O2S. The summed E-state index contributed by atoms with van der Waals surface area (Å²) in [5.74, 6) is 0.108. The molecule has 0 fully saturated rings. The first-order valence-electron chi connectivity index (χ1n) is 7.40. The van der Waals surface area contributed by atoms with E-state index in [2.05, 4.69) is 20.3 Å². The Morgan fingerprint density at radius 1 is 1.25 bits per heavy atom. The number of nitrogens with zero attached hydrogens (tertiary/aromatic N) is 3. The lowest BCUT2D eigenvalue weighted by molar-refractivity contribution is 0.0948. The van der Waals surface area contributed by atoms with Crippen LogP contribution in [0.5, 0.6) is 5.88 Å². The number of carbonyl (C=O) groups is 1. The Labute approximate surface area is 143 Å². The van der Waals surface area contributed by atoms with E-state index in [-0.39, 0.29) is 11.6 Å². The lowest BCUT2D eigenvalue weighted by Crippen LogP contribution is -2.26. The van der Waals surface area contributed by atoms with Gasteiger partial charge in [0.05, 0.1) is 12.8 Å². The van der Waals surface area contributed by atoms with E-state index in [0.717, 1.165) is 16.3 Å². The van der Waals surface area contributed by atoms with Gasteiger partial charge in [0.1, 0.15) is 17.0 Å². The largest absolute Gasteiger partial charge is 0.481 e. The van der Waals surface area contributed by atoms with Gasteiger partial charge in [0, 0.05) is 30.0 Å². The number of amides is 1. The SMILES string of the molecule is COc1cc(C(=O)NCCc2csc(-c3ccccc3)n2)ncn1. The number of carbonyl (C=O) groups excluding carboxylic acids is 1. The Hall–Kier alpha value is -2.80. The van der Waals surface area contributed by atoms with E-state index >= 15 is 0 Å². The molecule has 1 amide bonds. The number of methoxy groups -OCH3 is 1. The van der Waals surface area contributed by atoms with Crippen molar-refractivity contribution in [2.45, 2.75) is 6.42 Å². The first kappa shape index (κ1) is 16.1.